The van der Waals surface area contributed by atoms with Crippen LogP contribution in [-0.4, -0.2) is 57.4 Å². The van der Waals surface area contributed by atoms with Crippen molar-refractivity contribution in [2.24, 2.45) is 11.8 Å². The van der Waals surface area contributed by atoms with Crippen LogP contribution >= 0.6 is 0 Å². The van der Waals surface area contributed by atoms with E-state index in [-0.39, 0.29) is 5.91 Å². The second kappa shape index (κ2) is 13.5. The zero-order chi connectivity index (χ0) is 26.0. The molecule has 2 atom stereocenters. The lowest BCUT2D eigenvalue weighted by atomic mass is 9.84. The lowest BCUT2D eigenvalue weighted by Crippen LogP contribution is -2.43. The van der Waals surface area contributed by atoms with Crippen LogP contribution in [0.1, 0.15) is 48.2 Å². The molecule has 0 bridgehead atoms. The highest BCUT2D eigenvalue weighted by Gasteiger charge is 2.40. The minimum absolute atomic E-state index is 0.0364. The van der Waals surface area contributed by atoms with Crippen LogP contribution in [0.25, 0.3) is 0 Å². The molecular formula is C28H39N5O2. The first kappa shape index (κ1) is 27.9. The van der Waals surface area contributed by atoms with E-state index < -0.39 is 0 Å². The van der Waals surface area contributed by atoms with Gasteiger partial charge >= 0.3 is 0 Å². The van der Waals surface area contributed by atoms with Crippen LogP contribution in [0, 0.1) is 23.2 Å². The molecule has 7 heteroatoms. The monoisotopic (exact) mass is 477 g/mol. The Hall–Kier alpha value is -3.37. The molecule has 3 N–H and O–H groups in total. The Labute approximate surface area is 209 Å². The van der Waals surface area contributed by atoms with E-state index >= 15 is 0 Å². The molecule has 2 aliphatic rings. The molecule has 1 amide bonds. The Balaban J connectivity index is 0.000000299. The number of nitriles is 1. The van der Waals surface area contributed by atoms with Crippen molar-refractivity contribution in [2.75, 3.05) is 44.9 Å². The van der Waals surface area contributed by atoms with Gasteiger partial charge < -0.3 is 25.6 Å². The lowest BCUT2D eigenvalue weighted by molar-refractivity contribution is -0.106. The molecule has 1 fully saturated rings. The van der Waals surface area contributed by atoms with Gasteiger partial charge in [-0.05, 0) is 100 Å². The number of hydrogen-bond donors (Lipinski definition) is 2. The fourth-order valence-electron chi connectivity index (χ4n) is 4.52. The van der Waals surface area contributed by atoms with Crippen LogP contribution in [0.15, 0.2) is 42.5 Å². The molecule has 0 radical (unpaired) electrons. The summed E-state index contributed by atoms with van der Waals surface area (Å²) in [6, 6.07) is 15.7. The van der Waals surface area contributed by atoms with E-state index in [0.717, 1.165) is 30.7 Å². The van der Waals surface area contributed by atoms with Crippen molar-refractivity contribution in [3.05, 3.63) is 59.2 Å². The zero-order valence-electron chi connectivity index (χ0n) is 21.6. The maximum atomic E-state index is 12.3. The summed E-state index contributed by atoms with van der Waals surface area (Å²) in [6.07, 6.45) is 4.59. The Bertz CT molecular complexity index is 1010. The number of nitrogens with zero attached hydrogens (tertiary/aromatic N) is 3. The average molecular weight is 478 g/mol. The lowest BCUT2D eigenvalue weighted by Gasteiger charge is -2.41. The SMILES string of the molecule is CC1Cc2cc(C(=O)NCCN(C)C)ccc2N(C)[C@H]1C1CC1.CC=O.N#Cc1ccc(N)cc1. The van der Waals surface area contributed by atoms with Crippen molar-refractivity contribution in [3.8, 4) is 6.07 Å². The number of hydrogen-bond acceptors (Lipinski definition) is 6. The van der Waals surface area contributed by atoms with Crippen molar-refractivity contribution < 1.29 is 9.59 Å². The number of anilines is 2. The molecule has 35 heavy (non-hydrogen) atoms. The molecule has 188 valence electrons. The minimum Gasteiger partial charge on any atom is -0.399 e. The van der Waals surface area contributed by atoms with Crippen molar-refractivity contribution in [1.82, 2.24) is 10.2 Å². The van der Waals surface area contributed by atoms with Crippen molar-refractivity contribution in [2.45, 2.75) is 39.2 Å². The number of nitrogens with one attached hydrogen (secondary N) is 1. The van der Waals surface area contributed by atoms with E-state index in [1.54, 1.807) is 24.3 Å². The maximum absolute atomic E-state index is 12.3. The number of rotatable bonds is 5. The quantitative estimate of drug-likeness (QED) is 0.503. The van der Waals surface area contributed by atoms with Crippen LogP contribution in [-0.2, 0) is 11.2 Å². The van der Waals surface area contributed by atoms with E-state index in [9.17, 15) is 4.79 Å². The van der Waals surface area contributed by atoms with Gasteiger partial charge in [0.1, 0.15) is 6.29 Å². The molecule has 4 rings (SSSR count). The molecule has 1 aliphatic heterocycles. The number of likely N-dealkylation sites (N-methyl/N-ethyl adjacent to an activating group) is 1. The van der Waals surface area contributed by atoms with Crippen LogP contribution in [0.2, 0.25) is 0 Å². The summed E-state index contributed by atoms with van der Waals surface area (Å²) in [5, 5.41) is 11.3. The van der Waals surface area contributed by atoms with Crippen molar-refractivity contribution >= 4 is 23.6 Å². The molecule has 0 spiro atoms. The molecule has 1 saturated carbocycles. The molecule has 0 aromatic heterocycles. The highest BCUT2D eigenvalue weighted by atomic mass is 16.1. The first-order valence-electron chi connectivity index (χ1n) is 12.2. The fraction of sp³-hybridized carbons (Fsp3) is 0.464. The average Bonchev–Trinajstić information content (AvgIpc) is 3.65. The number of carbonyl (C=O) groups is 2. The summed E-state index contributed by atoms with van der Waals surface area (Å²) in [4.78, 5) is 25.6. The van der Waals surface area contributed by atoms with Gasteiger partial charge in [-0.2, -0.15) is 5.26 Å². The summed E-state index contributed by atoms with van der Waals surface area (Å²) in [5.74, 6) is 1.57. The van der Waals surface area contributed by atoms with Gasteiger partial charge in [0.15, 0.2) is 0 Å². The van der Waals surface area contributed by atoms with Crippen LogP contribution in [0.5, 0.6) is 0 Å². The Morgan fingerprint density at radius 2 is 1.86 bits per heavy atom. The summed E-state index contributed by atoms with van der Waals surface area (Å²) < 4.78 is 0. The van der Waals surface area contributed by atoms with Crippen molar-refractivity contribution in [1.29, 1.82) is 5.26 Å². The molecule has 1 aliphatic carbocycles. The third kappa shape index (κ3) is 8.41. The van der Waals surface area contributed by atoms with Crippen molar-refractivity contribution in [3.63, 3.8) is 0 Å². The zero-order valence-corrected chi connectivity index (χ0v) is 21.6. The summed E-state index contributed by atoms with van der Waals surface area (Å²) in [5.41, 5.74) is 10.1. The van der Waals surface area contributed by atoms with E-state index in [1.807, 2.05) is 26.2 Å². The number of carbonyl (C=O) groups excluding carboxylic acids is 2. The van der Waals surface area contributed by atoms with Gasteiger partial charge in [0.25, 0.3) is 5.91 Å². The Morgan fingerprint density at radius 1 is 1.23 bits per heavy atom. The molecule has 0 saturated heterocycles. The van der Waals surface area contributed by atoms with Gasteiger partial charge in [-0.15, -0.1) is 0 Å². The summed E-state index contributed by atoms with van der Waals surface area (Å²) in [7, 11) is 6.24. The standard InChI is InChI=1S/C19H29N3O.C7H6N2.C2H4O/c1-13-11-16-12-15(19(23)20-9-10-21(2)3)7-8-17(16)22(4)18(13)14-5-6-14;8-5-6-1-3-7(9)4-2-6;1-2-3/h7-8,12-14,18H,5-6,9-11H2,1-4H3,(H,20,23);1-4H,9H2;2H,1H3/t13?,18-;;/m1../s1. The van der Waals surface area contributed by atoms with E-state index in [2.05, 4.69) is 41.2 Å². The highest BCUT2D eigenvalue weighted by Crippen LogP contribution is 2.44. The fourth-order valence-corrected chi connectivity index (χ4v) is 4.52. The normalized spacial score (nSPS) is 18.1. The highest BCUT2D eigenvalue weighted by molar-refractivity contribution is 5.95. The third-order valence-electron chi connectivity index (χ3n) is 6.28. The first-order chi connectivity index (χ1) is 16.7. The third-order valence-corrected chi connectivity index (χ3v) is 6.28. The molecule has 1 unspecified atom stereocenters. The molecule has 7 nitrogen and oxygen atoms in total. The van der Waals surface area contributed by atoms with Crippen LogP contribution in [0.4, 0.5) is 11.4 Å². The molecule has 2 aromatic carbocycles. The summed E-state index contributed by atoms with van der Waals surface area (Å²) >= 11 is 0. The number of nitrogens with two attached hydrogens (primary N) is 1. The van der Waals surface area contributed by atoms with Gasteiger partial charge in [0, 0.05) is 43.1 Å². The van der Waals surface area contributed by atoms with Crippen LogP contribution in [0.3, 0.4) is 0 Å². The topological polar surface area (TPSA) is 102 Å². The molecular weight excluding hydrogens is 438 g/mol. The van der Waals surface area contributed by atoms with E-state index in [1.165, 1.54) is 31.0 Å². The molecule has 2 aromatic rings. The van der Waals surface area contributed by atoms with Gasteiger partial charge in [-0.25, -0.2) is 0 Å². The van der Waals surface area contributed by atoms with E-state index in [0.29, 0.717) is 29.8 Å². The predicted molar refractivity (Wildman–Crippen MR) is 142 cm³/mol. The predicted octanol–water partition coefficient (Wildman–Crippen LogP) is 3.73. The van der Waals surface area contributed by atoms with Gasteiger partial charge in [0.2, 0.25) is 0 Å². The summed E-state index contributed by atoms with van der Waals surface area (Å²) in [6.45, 7) is 5.34. The largest absolute Gasteiger partial charge is 0.399 e. The smallest absolute Gasteiger partial charge is 0.251 e. The molecule has 1 heterocycles. The van der Waals surface area contributed by atoms with Gasteiger partial charge in [-0.3, -0.25) is 4.79 Å². The van der Waals surface area contributed by atoms with E-state index in [4.69, 9.17) is 15.8 Å². The van der Waals surface area contributed by atoms with Gasteiger partial charge in [-0.1, -0.05) is 6.92 Å². The maximum Gasteiger partial charge on any atom is 0.251 e. The second-order valence-electron chi connectivity index (χ2n) is 9.49. The number of amides is 1. The van der Waals surface area contributed by atoms with Gasteiger partial charge in [0.05, 0.1) is 11.6 Å². The number of benzene rings is 2. The Morgan fingerprint density at radius 3 is 2.40 bits per heavy atom. The second-order valence-corrected chi connectivity index (χ2v) is 9.49. The Kier molecular flexibility index (Phi) is 10.8. The number of aldehydes is 1. The first-order valence-corrected chi connectivity index (χ1v) is 12.2. The minimum atomic E-state index is 0.0364. The number of nitrogen functional groups attached to an aromatic ring is 1. The van der Waals surface area contributed by atoms with Crippen LogP contribution < -0.4 is 16.0 Å². The number of fused-ring (bicyclic) bond motifs is 1.